The van der Waals surface area contributed by atoms with Crippen molar-refractivity contribution in [1.82, 2.24) is 5.32 Å². The van der Waals surface area contributed by atoms with Crippen LogP contribution in [0.15, 0.2) is 16.3 Å². The van der Waals surface area contributed by atoms with Gasteiger partial charge in [0.15, 0.2) is 0 Å². The highest BCUT2D eigenvalue weighted by atomic mass is 32.1. The molecule has 1 aromatic heterocycles. The fraction of sp³-hybridized carbons (Fsp3) is 0.583. The van der Waals surface area contributed by atoms with Crippen LogP contribution in [0.5, 0.6) is 0 Å². The largest absolute Gasteiger partial charge is 0.349 e. The molecule has 1 amide bonds. The average molecular weight is 255 g/mol. The van der Waals surface area contributed by atoms with Crippen molar-refractivity contribution in [2.45, 2.75) is 43.5 Å². The Morgan fingerprint density at radius 3 is 2.94 bits per heavy atom. The van der Waals surface area contributed by atoms with E-state index in [4.69, 9.17) is 0 Å². The van der Waals surface area contributed by atoms with Crippen LogP contribution in [0, 0.1) is 5.92 Å². The van der Waals surface area contributed by atoms with Crippen molar-refractivity contribution in [3.8, 4) is 0 Å². The summed E-state index contributed by atoms with van der Waals surface area (Å²) in [5.74, 6) is 0.909. The Morgan fingerprint density at radius 1 is 1.69 bits per heavy atom. The second kappa shape index (κ2) is 5.23. The van der Waals surface area contributed by atoms with E-state index in [2.05, 4.69) is 24.9 Å². The van der Waals surface area contributed by atoms with Gasteiger partial charge in [0.2, 0.25) is 0 Å². The van der Waals surface area contributed by atoms with Gasteiger partial charge in [-0.3, -0.25) is 4.79 Å². The minimum absolute atomic E-state index is 0.0535. The molecule has 1 heterocycles. The number of carbonyl (C=O) groups excluding carboxylic acids is 1. The highest BCUT2D eigenvalue weighted by Gasteiger charge is 2.25. The summed E-state index contributed by atoms with van der Waals surface area (Å²) in [6.07, 6.45) is 4.83. The van der Waals surface area contributed by atoms with E-state index in [0.29, 0.717) is 6.04 Å². The lowest BCUT2D eigenvalue weighted by Crippen LogP contribution is -2.34. The predicted molar refractivity (Wildman–Crippen MR) is 70.5 cm³/mol. The lowest BCUT2D eigenvalue weighted by molar-refractivity contribution is 0.0936. The van der Waals surface area contributed by atoms with E-state index >= 15 is 0 Å². The van der Waals surface area contributed by atoms with Crippen LogP contribution in [-0.4, -0.2) is 11.9 Å². The van der Waals surface area contributed by atoms with E-state index in [1.807, 2.05) is 11.4 Å². The van der Waals surface area contributed by atoms with Crippen LogP contribution in [0.25, 0.3) is 0 Å². The number of nitrogens with one attached hydrogen (secondary N) is 1. The number of hydrogen-bond donors (Lipinski definition) is 2. The van der Waals surface area contributed by atoms with Crippen molar-refractivity contribution in [1.29, 1.82) is 0 Å². The van der Waals surface area contributed by atoms with Crippen LogP contribution < -0.4 is 5.32 Å². The highest BCUT2D eigenvalue weighted by Crippen LogP contribution is 2.34. The van der Waals surface area contributed by atoms with E-state index in [9.17, 15) is 4.79 Å². The first-order valence-electron chi connectivity index (χ1n) is 5.77. The van der Waals surface area contributed by atoms with E-state index < -0.39 is 0 Å². The molecule has 0 saturated heterocycles. The third-order valence-corrected chi connectivity index (χ3v) is 4.31. The molecule has 0 radical (unpaired) electrons. The highest BCUT2D eigenvalue weighted by molar-refractivity contribution is 7.80. The van der Waals surface area contributed by atoms with Crippen LogP contribution in [0.1, 0.15) is 42.3 Å². The Hall–Kier alpha value is -0.480. The lowest BCUT2D eigenvalue weighted by Gasteiger charge is -2.15. The second-order valence-electron chi connectivity index (χ2n) is 4.43. The van der Waals surface area contributed by atoms with Gasteiger partial charge in [-0.25, -0.2) is 0 Å². The maximum absolute atomic E-state index is 11.9. The molecular weight excluding hydrogens is 238 g/mol. The van der Waals surface area contributed by atoms with Gasteiger partial charge in [0.1, 0.15) is 0 Å². The average Bonchev–Trinajstić information content (AvgIpc) is 2.97. The number of hydrogen-bond acceptors (Lipinski definition) is 3. The van der Waals surface area contributed by atoms with Gasteiger partial charge in [-0.05, 0) is 24.8 Å². The summed E-state index contributed by atoms with van der Waals surface area (Å²) >= 11 is 5.67. The Kier molecular flexibility index (Phi) is 3.92. The molecule has 2 rings (SSSR count). The van der Waals surface area contributed by atoms with Crippen molar-refractivity contribution in [2.75, 3.05) is 0 Å². The molecule has 0 aliphatic heterocycles. The first kappa shape index (κ1) is 12.0. The normalized spacial score (nSPS) is 17.1. The summed E-state index contributed by atoms with van der Waals surface area (Å²) in [6.45, 7) is 2.13. The molecule has 1 unspecified atom stereocenters. The quantitative estimate of drug-likeness (QED) is 0.776. The first-order chi connectivity index (χ1) is 7.69. The molecule has 16 heavy (non-hydrogen) atoms. The second-order valence-corrected chi connectivity index (χ2v) is 5.85. The monoisotopic (exact) mass is 255 g/mol. The maximum Gasteiger partial charge on any atom is 0.261 e. The predicted octanol–water partition coefficient (Wildman–Crippen LogP) is 3.35. The molecule has 1 fully saturated rings. The summed E-state index contributed by atoms with van der Waals surface area (Å²) in [5.41, 5.74) is 0. The maximum atomic E-state index is 11.9. The molecule has 0 spiro atoms. The van der Waals surface area contributed by atoms with E-state index in [0.717, 1.165) is 28.5 Å². The van der Waals surface area contributed by atoms with Crippen LogP contribution in [0.4, 0.5) is 0 Å². The molecule has 1 aliphatic rings. The fourth-order valence-electron chi connectivity index (χ4n) is 1.79. The molecular formula is C12H17NOS2. The lowest BCUT2D eigenvalue weighted by atomic mass is 10.1. The Bertz CT molecular complexity index is 371. The smallest absolute Gasteiger partial charge is 0.261 e. The summed E-state index contributed by atoms with van der Waals surface area (Å²) < 4.78 is 0. The van der Waals surface area contributed by atoms with Crippen molar-refractivity contribution >= 4 is 29.9 Å². The molecule has 1 atom stereocenters. The third-order valence-electron chi connectivity index (χ3n) is 2.95. The number of rotatable bonds is 5. The van der Waals surface area contributed by atoms with Crippen molar-refractivity contribution in [3.05, 3.63) is 16.3 Å². The molecule has 2 nitrogen and oxygen atoms in total. The summed E-state index contributed by atoms with van der Waals surface area (Å²) in [7, 11) is 0. The van der Waals surface area contributed by atoms with E-state index in [-0.39, 0.29) is 5.91 Å². The van der Waals surface area contributed by atoms with Crippen molar-refractivity contribution in [2.24, 2.45) is 5.92 Å². The molecule has 4 heteroatoms. The number of thiol groups is 1. The van der Waals surface area contributed by atoms with Gasteiger partial charge in [0.05, 0.1) is 4.88 Å². The van der Waals surface area contributed by atoms with Crippen LogP contribution in [0.2, 0.25) is 0 Å². The zero-order valence-corrected chi connectivity index (χ0v) is 11.1. The number of carbonyl (C=O) groups is 1. The van der Waals surface area contributed by atoms with Gasteiger partial charge in [-0.2, -0.15) is 0 Å². The van der Waals surface area contributed by atoms with E-state index in [1.165, 1.54) is 24.2 Å². The zero-order valence-electron chi connectivity index (χ0n) is 9.40. The molecule has 88 valence electrons. The van der Waals surface area contributed by atoms with Crippen LogP contribution in [-0.2, 0) is 0 Å². The first-order valence-corrected chi connectivity index (χ1v) is 7.10. The van der Waals surface area contributed by atoms with Gasteiger partial charge in [0, 0.05) is 16.3 Å². The fourth-order valence-corrected chi connectivity index (χ4v) is 2.84. The van der Waals surface area contributed by atoms with Gasteiger partial charge in [-0.1, -0.05) is 19.8 Å². The number of amides is 1. The summed E-state index contributed by atoms with van der Waals surface area (Å²) in [4.78, 5) is 13.5. The zero-order chi connectivity index (χ0) is 11.5. The minimum atomic E-state index is 0.0535. The number of thiophene rings is 1. The van der Waals surface area contributed by atoms with Crippen LogP contribution in [0.3, 0.4) is 0 Å². The topological polar surface area (TPSA) is 29.1 Å². The molecule has 1 N–H and O–H groups in total. The molecule has 1 aromatic rings. The van der Waals surface area contributed by atoms with Gasteiger partial charge < -0.3 is 5.32 Å². The Labute approximate surface area is 106 Å². The minimum Gasteiger partial charge on any atom is -0.349 e. The molecule has 0 bridgehead atoms. The van der Waals surface area contributed by atoms with Crippen molar-refractivity contribution in [3.63, 3.8) is 0 Å². The van der Waals surface area contributed by atoms with Gasteiger partial charge in [0.25, 0.3) is 5.91 Å². The van der Waals surface area contributed by atoms with Crippen molar-refractivity contribution < 1.29 is 4.79 Å². The molecule has 0 aromatic carbocycles. The van der Waals surface area contributed by atoms with Gasteiger partial charge >= 0.3 is 0 Å². The Morgan fingerprint density at radius 2 is 2.44 bits per heavy atom. The summed E-state index contributed by atoms with van der Waals surface area (Å²) in [6, 6.07) is 2.16. The SMILES string of the molecule is CCC(CC1CC1)NC(=O)c1cc(S)cs1. The Balaban J connectivity index is 1.89. The molecule has 1 saturated carbocycles. The van der Waals surface area contributed by atoms with E-state index in [1.54, 1.807) is 0 Å². The summed E-state index contributed by atoms with van der Waals surface area (Å²) in [5, 5.41) is 4.99. The van der Waals surface area contributed by atoms with Gasteiger partial charge in [-0.15, -0.1) is 24.0 Å². The standard InChI is InChI=1S/C12H17NOS2/c1-2-9(5-8-3-4-8)13-12(14)11-6-10(15)7-16-11/h6-9,15H,2-5H2,1H3,(H,13,14). The molecule has 1 aliphatic carbocycles. The van der Waals surface area contributed by atoms with Crippen LogP contribution >= 0.6 is 24.0 Å². The third kappa shape index (κ3) is 3.25.